The van der Waals surface area contributed by atoms with Crippen molar-refractivity contribution in [1.29, 1.82) is 0 Å². The summed E-state index contributed by atoms with van der Waals surface area (Å²) in [6, 6.07) is 2.13. The molecule has 0 heterocycles. The van der Waals surface area contributed by atoms with Gasteiger partial charge in [0, 0.05) is 0 Å². The maximum atomic E-state index is 6.68. The van der Waals surface area contributed by atoms with E-state index in [0.29, 0.717) is 0 Å². The lowest BCUT2D eigenvalue weighted by Crippen LogP contribution is -2.59. The molecule has 0 radical (unpaired) electrons. The van der Waals surface area contributed by atoms with Crippen LogP contribution in [0.2, 0.25) is 77.6 Å². The number of unbranched alkanes of at least 4 members (excludes halogenated alkanes) is 1. The summed E-state index contributed by atoms with van der Waals surface area (Å²) >= 11 is 0. The van der Waals surface area contributed by atoms with Crippen LogP contribution in [-0.2, 0) is 16.5 Å². The fourth-order valence-electron chi connectivity index (χ4n) is 3.30. The molecule has 9 heteroatoms. The van der Waals surface area contributed by atoms with Crippen LogP contribution in [0.15, 0.2) is 0 Å². The van der Waals surface area contributed by atoms with E-state index >= 15 is 0 Å². The molecule has 0 saturated heterocycles. The second-order valence-electron chi connectivity index (χ2n) is 9.67. The van der Waals surface area contributed by atoms with E-state index in [1.54, 1.807) is 0 Å². The zero-order chi connectivity index (χ0) is 20.2. The van der Waals surface area contributed by atoms with Crippen LogP contribution < -0.4 is 0 Å². The molecule has 1 atom stereocenters. The lowest BCUT2D eigenvalue weighted by molar-refractivity contribution is 0.293. The van der Waals surface area contributed by atoms with Crippen molar-refractivity contribution in [3.05, 3.63) is 0 Å². The first-order valence-corrected chi connectivity index (χ1v) is 24.4. The Bertz CT molecular complexity index is 410. The van der Waals surface area contributed by atoms with Crippen molar-refractivity contribution in [2.75, 3.05) is 0 Å². The quantitative estimate of drug-likeness (QED) is 0.329. The van der Waals surface area contributed by atoms with Crippen LogP contribution >= 0.6 is 0 Å². The highest BCUT2D eigenvalue weighted by atomic mass is 28.5. The van der Waals surface area contributed by atoms with Gasteiger partial charge in [-0.1, -0.05) is 26.7 Å². The first-order valence-electron chi connectivity index (χ1n) is 9.75. The Morgan fingerprint density at radius 3 is 1.40 bits per heavy atom. The van der Waals surface area contributed by atoms with Gasteiger partial charge in [0.2, 0.25) is 0 Å². The van der Waals surface area contributed by atoms with Gasteiger partial charge in [0.1, 0.15) is 0 Å². The normalized spacial score (nSPS) is 16.8. The Kier molecular flexibility index (Phi) is 9.76. The van der Waals surface area contributed by atoms with E-state index in [9.17, 15) is 0 Å². The summed E-state index contributed by atoms with van der Waals surface area (Å²) in [5, 5.41) is 0. The summed E-state index contributed by atoms with van der Waals surface area (Å²) < 4.78 is 26.3. The second kappa shape index (κ2) is 9.42. The van der Waals surface area contributed by atoms with E-state index in [1.807, 2.05) is 0 Å². The zero-order valence-electron chi connectivity index (χ0n) is 19.0. The lowest BCUT2D eigenvalue weighted by Gasteiger charge is -2.43. The summed E-state index contributed by atoms with van der Waals surface area (Å²) in [5.74, 6) is 0. The van der Waals surface area contributed by atoms with E-state index in [-0.39, 0.29) is 0 Å². The van der Waals surface area contributed by atoms with Crippen LogP contribution in [0.5, 0.6) is 0 Å². The number of hydrogen-bond acceptors (Lipinski definition) is 4. The van der Waals surface area contributed by atoms with E-state index in [0.717, 1.165) is 6.04 Å². The monoisotopic (exact) mass is 440 g/mol. The molecule has 0 aromatic carbocycles. The van der Waals surface area contributed by atoms with Crippen molar-refractivity contribution in [3.8, 4) is 0 Å². The van der Waals surface area contributed by atoms with Gasteiger partial charge < -0.3 is 16.5 Å². The second-order valence-corrected chi connectivity index (χ2v) is 29.8. The highest BCUT2D eigenvalue weighted by molar-refractivity contribution is 6.90. The molecule has 0 spiro atoms. The fourth-order valence-corrected chi connectivity index (χ4v) is 27.2. The highest BCUT2D eigenvalue weighted by Gasteiger charge is 2.46. The molecule has 0 aliphatic heterocycles. The Hall–Kier alpha value is 0.924. The minimum atomic E-state index is -2.31. The van der Waals surface area contributed by atoms with Crippen molar-refractivity contribution in [2.45, 2.75) is 104 Å². The average molecular weight is 441 g/mol. The summed E-state index contributed by atoms with van der Waals surface area (Å²) in [5.41, 5.74) is 0. The molecule has 0 N–H and O–H groups in total. The van der Waals surface area contributed by atoms with Crippen molar-refractivity contribution in [2.24, 2.45) is 0 Å². The van der Waals surface area contributed by atoms with Crippen LogP contribution in [0.3, 0.4) is 0 Å². The van der Waals surface area contributed by atoms with Crippen LogP contribution in [0.1, 0.15) is 26.7 Å². The molecular weight excluding hydrogens is 397 g/mol. The van der Waals surface area contributed by atoms with Gasteiger partial charge in [0.15, 0.2) is 16.6 Å². The molecule has 0 fully saturated rings. The van der Waals surface area contributed by atoms with E-state index in [4.69, 9.17) is 16.5 Å². The predicted octanol–water partition coefficient (Wildman–Crippen LogP) is 6.39. The molecule has 0 rings (SSSR count). The van der Waals surface area contributed by atoms with Crippen LogP contribution in [0.25, 0.3) is 0 Å². The predicted molar refractivity (Wildman–Crippen MR) is 122 cm³/mol. The largest absolute Gasteiger partial charge is 0.437 e. The van der Waals surface area contributed by atoms with Crippen LogP contribution in [0.4, 0.5) is 0 Å². The summed E-state index contributed by atoms with van der Waals surface area (Å²) in [7, 11) is -10.0. The minimum Gasteiger partial charge on any atom is -0.437 e. The van der Waals surface area contributed by atoms with Crippen molar-refractivity contribution >= 4 is 42.3 Å². The Balaban J connectivity index is 5.08. The van der Waals surface area contributed by atoms with Crippen molar-refractivity contribution in [1.82, 2.24) is 0 Å². The van der Waals surface area contributed by atoms with Gasteiger partial charge in [0.05, 0.1) is 0 Å². The first kappa shape index (κ1) is 25.9. The molecule has 152 valence electrons. The maximum absolute atomic E-state index is 6.68. The molecule has 0 saturated carbocycles. The molecule has 0 aliphatic rings. The first-order chi connectivity index (χ1) is 10.9. The topological polar surface area (TPSA) is 36.9 Å². The van der Waals surface area contributed by atoms with E-state index in [2.05, 4.69) is 79.3 Å². The summed E-state index contributed by atoms with van der Waals surface area (Å²) in [4.78, 5) is 0. The standard InChI is InChI=1S/C16H44O4Si5/c1-13-15-16-22(6,7)18-24(10,11)20-25(12,14-2)19-23(8,9)17-21(3,4)5/h13-16H2,1-12H3. The third-order valence-corrected chi connectivity index (χ3v) is 22.6. The summed E-state index contributed by atoms with van der Waals surface area (Å²) in [6.07, 6.45) is 2.47. The van der Waals surface area contributed by atoms with Crippen LogP contribution in [-0.4, -0.2) is 42.3 Å². The molecule has 0 aromatic rings. The smallest absolute Gasteiger partial charge is 0.317 e. The molecule has 1 unspecified atom stereocenters. The Morgan fingerprint density at radius 2 is 1.04 bits per heavy atom. The van der Waals surface area contributed by atoms with Gasteiger partial charge in [-0.15, -0.1) is 0 Å². The van der Waals surface area contributed by atoms with Gasteiger partial charge in [-0.2, -0.15) is 0 Å². The molecular formula is C16H44O4Si5. The Labute approximate surface area is 163 Å². The van der Waals surface area contributed by atoms with Crippen molar-refractivity contribution < 1.29 is 16.5 Å². The van der Waals surface area contributed by atoms with Gasteiger partial charge in [0.25, 0.3) is 0 Å². The van der Waals surface area contributed by atoms with Gasteiger partial charge in [-0.25, -0.2) is 0 Å². The molecule has 25 heavy (non-hydrogen) atoms. The molecule has 0 aliphatic carbocycles. The van der Waals surface area contributed by atoms with E-state index < -0.39 is 42.3 Å². The van der Waals surface area contributed by atoms with Crippen LogP contribution in [0, 0.1) is 0 Å². The third kappa shape index (κ3) is 12.1. The average Bonchev–Trinajstić information content (AvgIpc) is 2.30. The lowest BCUT2D eigenvalue weighted by atomic mass is 10.4. The maximum Gasteiger partial charge on any atom is 0.317 e. The molecule has 4 nitrogen and oxygen atoms in total. The molecule has 0 bridgehead atoms. The number of hydrogen-bond donors (Lipinski definition) is 0. The summed E-state index contributed by atoms with van der Waals surface area (Å²) in [6.45, 7) is 26.6. The SMILES string of the molecule is CCCC[Si](C)(C)O[Si](C)(C)O[Si](C)(CC)O[Si](C)(C)O[Si](C)(C)C. The number of rotatable bonds is 12. The minimum absolute atomic E-state index is 0.926. The van der Waals surface area contributed by atoms with Gasteiger partial charge >= 0.3 is 25.7 Å². The fraction of sp³-hybridized carbons (Fsp3) is 1.00. The molecule has 0 amide bonds. The van der Waals surface area contributed by atoms with Gasteiger partial charge in [-0.05, 0) is 77.6 Å². The van der Waals surface area contributed by atoms with Gasteiger partial charge in [-0.3, -0.25) is 0 Å². The van der Waals surface area contributed by atoms with E-state index in [1.165, 1.54) is 18.9 Å². The highest BCUT2D eigenvalue weighted by Crippen LogP contribution is 2.29. The molecule has 0 aromatic heterocycles. The van der Waals surface area contributed by atoms with Crippen molar-refractivity contribution in [3.63, 3.8) is 0 Å². The third-order valence-electron chi connectivity index (χ3n) is 3.77. The zero-order valence-corrected chi connectivity index (χ0v) is 24.0. The Morgan fingerprint density at radius 1 is 0.600 bits per heavy atom.